The lowest BCUT2D eigenvalue weighted by molar-refractivity contribution is -0.122. The molecule has 3 heterocycles. The maximum Gasteiger partial charge on any atom is 0.265 e. The summed E-state index contributed by atoms with van der Waals surface area (Å²) in [5.41, 5.74) is 1.30. The van der Waals surface area contributed by atoms with E-state index in [9.17, 15) is 4.79 Å². The van der Waals surface area contributed by atoms with Gasteiger partial charge < -0.3 is 19.9 Å². The summed E-state index contributed by atoms with van der Waals surface area (Å²) < 4.78 is 11.2. The molecule has 25 heavy (non-hydrogen) atoms. The van der Waals surface area contributed by atoms with E-state index < -0.39 is 6.10 Å². The minimum atomic E-state index is -0.560. The van der Waals surface area contributed by atoms with Crippen molar-refractivity contribution in [1.82, 2.24) is 20.4 Å². The highest BCUT2D eigenvalue weighted by molar-refractivity contribution is 5.99. The molecule has 2 aliphatic rings. The maximum absolute atomic E-state index is 11.8. The van der Waals surface area contributed by atoms with E-state index >= 15 is 0 Å². The molecule has 0 spiro atoms. The average Bonchev–Trinajstić information content (AvgIpc) is 3.05. The fourth-order valence-corrected chi connectivity index (χ4v) is 2.97. The number of hydrogen-bond donors (Lipinski definition) is 2. The number of rotatable bonds is 2. The van der Waals surface area contributed by atoms with E-state index in [1.165, 1.54) is 0 Å². The smallest absolute Gasteiger partial charge is 0.265 e. The molecule has 1 fully saturated rings. The molecule has 0 radical (unpaired) electrons. The first-order valence-electron chi connectivity index (χ1n) is 7.99. The number of carbonyl (C=O) groups excluding carboxylic acids is 1. The third-order valence-electron chi connectivity index (χ3n) is 4.42. The number of amides is 1. The Kier molecular flexibility index (Phi) is 4.94. The van der Waals surface area contributed by atoms with Gasteiger partial charge in [-0.05, 0) is 26.1 Å². The number of carbonyl (C=O) groups is 1. The molecule has 2 aliphatic heterocycles. The van der Waals surface area contributed by atoms with Crippen molar-refractivity contribution in [2.24, 2.45) is 0 Å². The third-order valence-corrected chi connectivity index (χ3v) is 4.42. The van der Waals surface area contributed by atoms with Crippen LogP contribution in [-0.4, -0.2) is 53.7 Å². The molecule has 2 N–H and O–H groups in total. The molecule has 1 aromatic carbocycles. The molecule has 1 aromatic heterocycles. The zero-order valence-corrected chi connectivity index (χ0v) is 14.8. The second-order valence-corrected chi connectivity index (χ2v) is 6.09. The molecule has 1 saturated heterocycles. The van der Waals surface area contributed by atoms with E-state index in [1.54, 1.807) is 13.0 Å². The molecular weight excluding hydrogens is 346 g/mol. The van der Waals surface area contributed by atoms with Gasteiger partial charge in [0.2, 0.25) is 0 Å². The lowest BCUT2D eigenvalue weighted by atomic mass is 10.1. The molecule has 2 atom stereocenters. The first-order chi connectivity index (χ1) is 11.6. The fraction of sp³-hybridized carbons (Fsp3) is 0.438. The monoisotopic (exact) mass is 365 g/mol. The number of aromatic nitrogens is 2. The molecule has 0 bridgehead atoms. The summed E-state index contributed by atoms with van der Waals surface area (Å²) in [4.78, 5) is 18.5. The summed E-state index contributed by atoms with van der Waals surface area (Å²) in [6.45, 7) is 4.38. The molecule has 0 aliphatic carbocycles. The van der Waals surface area contributed by atoms with Crippen LogP contribution in [0.1, 0.15) is 18.8 Å². The van der Waals surface area contributed by atoms with Crippen molar-refractivity contribution < 1.29 is 14.1 Å². The van der Waals surface area contributed by atoms with Crippen LogP contribution in [0.3, 0.4) is 0 Å². The number of benzene rings is 1. The highest BCUT2D eigenvalue weighted by Crippen LogP contribution is 2.39. The number of fused-ring (bicyclic) bond motifs is 1. The highest BCUT2D eigenvalue weighted by Gasteiger charge is 2.29. The Balaban J connectivity index is 0.00000182. The van der Waals surface area contributed by atoms with Gasteiger partial charge >= 0.3 is 0 Å². The minimum Gasteiger partial charge on any atom is -0.478 e. The van der Waals surface area contributed by atoms with Gasteiger partial charge in [-0.15, -0.1) is 12.4 Å². The van der Waals surface area contributed by atoms with E-state index in [-0.39, 0.29) is 24.4 Å². The Bertz CT molecular complexity index is 781. The number of nitrogens with one attached hydrogen (secondary N) is 2. The summed E-state index contributed by atoms with van der Waals surface area (Å²) in [6, 6.07) is 5.55. The average molecular weight is 366 g/mol. The maximum atomic E-state index is 11.8. The van der Waals surface area contributed by atoms with Gasteiger partial charge in [-0.25, -0.2) is 0 Å². The van der Waals surface area contributed by atoms with Gasteiger partial charge in [-0.3, -0.25) is 9.69 Å². The van der Waals surface area contributed by atoms with Crippen LogP contribution < -0.4 is 15.4 Å². The summed E-state index contributed by atoms with van der Waals surface area (Å²) in [6.07, 6.45) is -0.560. The lowest BCUT2D eigenvalue weighted by Gasteiger charge is -2.30. The Labute approximate surface area is 151 Å². The van der Waals surface area contributed by atoms with Gasteiger partial charge in [0.25, 0.3) is 11.8 Å². The molecular formula is C16H20ClN5O3. The molecule has 8 nitrogen and oxygen atoms in total. The van der Waals surface area contributed by atoms with Gasteiger partial charge in [0, 0.05) is 19.6 Å². The number of likely N-dealkylation sites (N-methyl/N-ethyl adjacent to an activating group) is 1. The standard InChI is InChI=1S/C16H19N5O3.ClH/c1-9-15(22)18-11-5-3-4-10(13(11)23-9)16-19-14(20-24-16)12-8-17-6-7-21(12)2;/h3-5,9,12,17H,6-8H2,1-2H3,(H,18,22);1H. The van der Waals surface area contributed by atoms with Crippen LogP contribution in [0.4, 0.5) is 5.69 Å². The normalized spacial score (nSPS) is 23.2. The number of nitrogens with zero attached hydrogens (tertiary/aromatic N) is 3. The number of anilines is 1. The largest absolute Gasteiger partial charge is 0.478 e. The first-order valence-corrected chi connectivity index (χ1v) is 7.99. The molecule has 2 aromatic rings. The molecule has 2 unspecified atom stereocenters. The molecule has 4 rings (SSSR count). The number of hydrogen-bond acceptors (Lipinski definition) is 7. The van der Waals surface area contributed by atoms with Crippen molar-refractivity contribution in [1.29, 1.82) is 0 Å². The van der Waals surface area contributed by atoms with Crippen molar-refractivity contribution in [3.05, 3.63) is 24.0 Å². The van der Waals surface area contributed by atoms with E-state index in [1.807, 2.05) is 19.2 Å². The van der Waals surface area contributed by atoms with Gasteiger partial charge in [0.05, 0.1) is 17.3 Å². The Morgan fingerprint density at radius 2 is 2.20 bits per heavy atom. The molecule has 9 heteroatoms. The SMILES string of the molecule is CC1Oc2c(cccc2-c2nc(C3CNCCN3C)no2)NC1=O.Cl. The molecule has 1 amide bonds. The van der Waals surface area contributed by atoms with Crippen LogP contribution in [0.15, 0.2) is 22.7 Å². The van der Waals surface area contributed by atoms with Gasteiger partial charge in [0.15, 0.2) is 17.7 Å². The van der Waals surface area contributed by atoms with Crippen LogP contribution in [-0.2, 0) is 4.79 Å². The number of ether oxygens (including phenoxy) is 1. The van der Waals surface area contributed by atoms with Gasteiger partial charge in [0.1, 0.15) is 0 Å². The molecule has 0 saturated carbocycles. The van der Waals surface area contributed by atoms with Crippen LogP contribution >= 0.6 is 12.4 Å². The Hall–Kier alpha value is -2.16. The lowest BCUT2D eigenvalue weighted by Crippen LogP contribution is -2.44. The van der Waals surface area contributed by atoms with Gasteiger partial charge in [-0.2, -0.15) is 4.98 Å². The Morgan fingerprint density at radius 1 is 1.36 bits per heavy atom. The molecule has 134 valence electrons. The first kappa shape index (κ1) is 17.7. The minimum absolute atomic E-state index is 0. The van der Waals surface area contributed by atoms with Crippen LogP contribution in [0, 0.1) is 0 Å². The number of para-hydroxylation sites is 1. The van der Waals surface area contributed by atoms with Crippen molar-refractivity contribution in [2.75, 3.05) is 32.0 Å². The summed E-state index contributed by atoms with van der Waals surface area (Å²) >= 11 is 0. The zero-order valence-electron chi connectivity index (χ0n) is 14.0. The highest BCUT2D eigenvalue weighted by atomic mass is 35.5. The zero-order chi connectivity index (χ0) is 16.7. The predicted molar refractivity (Wildman–Crippen MR) is 93.9 cm³/mol. The van der Waals surface area contributed by atoms with E-state index in [0.29, 0.717) is 28.7 Å². The second-order valence-electron chi connectivity index (χ2n) is 6.09. The Morgan fingerprint density at radius 3 is 3.00 bits per heavy atom. The van der Waals surface area contributed by atoms with Crippen LogP contribution in [0.2, 0.25) is 0 Å². The summed E-state index contributed by atoms with van der Waals surface area (Å²) in [7, 11) is 2.05. The van der Waals surface area contributed by atoms with Crippen molar-refractivity contribution in [3.8, 4) is 17.2 Å². The van der Waals surface area contributed by atoms with Gasteiger partial charge in [-0.1, -0.05) is 11.2 Å². The topological polar surface area (TPSA) is 92.5 Å². The fourth-order valence-electron chi connectivity index (χ4n) is 2.97. The number of halogens is 1. The van der Waals surface area contributed by atoms with Crippen molar-refractivity contribution >= 4 is 24.0 Å². The number of piperazine rings is 1. The van der Waals surface area contributed by atoms with Crippen molar-refractivity contribution in [3.63, 3.8) is 0 Å². The quantitative estimate of drug-likeness (QED) is 0.832. The van der Waals surface area contributed by atoms with E-state index in [0.717, 1.165) is 19.6 Å². The second kappa shape index (κ2) is 6.99. The van der Waals surface area contributed by atoms with Crippen LogP contribution in [0.5, 0.6) is 5.75 Å². The van der Waals surface area contributed by atoms with E-state index in [2.05, 4.69) is 25.7 Å². The van der Waals surface area contributed by atoms with Crippen molar-refractivity contribution in [2.45, 2.75) is 19.1 Å². The van der Waals surface area contributed by atoms with Crippen LogP contribution in [0.25, 0.3) is 11.5 Å². The van der Waals surface area contributed by atoms with E-state index in [4.69, 9.17) is 9.26 Å². The summed E-state index contributed by atoms with van der Waals surface area (Å²) in [5, 5.41) is 10.3. The summed E-state index contributed by atoms with van der Waals surface area (Å²) in [5.74, 6) is 1.44. The third kappa shape index (κ3) is 3.20. The predicted octanol–water partition coefficient (Wildman–Crippen LogP) is 1.45.